The van der Waals surface area contributed by atoms with Crippen molar-refractivity contribution in [2.24, 2.45) is 0 Å². The molecule has 0 amide bonds. The fourth-order valence-corrected chi connectivity index (χ4v) is 1.58. The van der Waals surface area contributed by atoms with E-state index in [0.717, 1.165) is 18.5 Å². The van der Waals surface area contributed by atoms with Gasteiger partial charge in [0, 0.05) is 18.5 Å². The standard InChI is InChI=1S/C6H12OS.C2H6/c1-8-6-2-4-7-5-3-6;1-2/h6H,2-5H2,1H3;1-2H3. The highest BCUT2D eigenvalue weighted by Crippen LogP contribution is 2.18. The molecule has 0 spiro atoms. The molecule has 0 bridgehead atoms. The van der Waals surface area contributed by atoms with Gasteiger partial charge in [0.25, 0.3) is 0 Å². The lowest BCUT2D eigenvalue weighted by molar-refractivity contribution is 0.100. The van der Waals surface area contributed by atoms with Crippen LogP contribution < -0.4 is 0 Å². The molecular formula is C8H18OS. The van der Waals surface area contributed by atoms with Gasteiger partial charge in [0.15, 0.2) is 0 Å². The number of hydrogen-bond donors (Lipinski definition) is 0. The largest absolute Gasteiger partial charge is 0.381 e. The predicted octanol–water partition coefficient (Wildman–Crippen LogP) is 2.55. The van der Waals surface area contributed by atoms with E-state index >= 15 is 0 Å². The normalized spacial score (nSPS) is 19.5. The Balaban J connectivity index is 0.000000371. The first kappa shape index (κ1) is 10.3. The molecule has 1 nitrogen and oxygen atoms in total. The Bertz CT molecular complexity index is 60.3. The van der Waals surface area contributed by atoms with Gasteiger partial charge < -0.3 is 4.74 Å². The Labute approximate surface area is 68.5 Å². The van der Waals surface area contributed by atoms with Crippen LogP contribution in [-0.2, 0) is 4.74 Å². The van der Waals surface area contributed by atoms with Crippen LogP contribution in [0.2, 0.25) is 0 Å². The number of rotatable bonds is 1. The zero-order chi connectivity index (χ0) is 7.82. The zero-order valence-electron chi connectivity index (χ0n) is 7.22. The Morgan fingerprint density at radius 3 is 2.00 bits per heavy atom. The molecule has 0 aliphatic carbocycles. The Morgan fingerprint density at radius 2 is 1.70 bits per heavy atom. The molecule has 1 aliphatic heterocycles. The highest BCUT2D eigenvalue weighted by molar-refractivity contribution is 7.99. The van der Waals surface area contributed by atoms with Crippen molar-refractivity contribution in [2.45, 2.75) is 31.9 Å². The molecule has 0 atom stereocenters. The first-order chi connectivity index (χ1) is 4.93. The van der Waals surface area contributed by atoms with Crippen molar-refractivity contribution in [3.8, 4) is 0 Å². The van der Waals surface area contributed by atoms with Gasteiger partial charge in [-0.15, -0.1) is 0 Å². The van der Waals surface area contributed by atoms with E-state index in [1.165, 1.54) is 12.8 Å². The molecule has 1 heterocycles. The smallest absolute Gasteiger partial charge is 0.0476 e. The summed E-state index contributed by atoms with van der Waals surface area (Å²) in [5.41, 5.74) is 0. The van der Waals surface area contributed by atoms with Crippen LogP contribution in [0, 0.1) is 0 Å². The summed E-state index contributed by atoms with van der Waals surface area (Å²) in [5.74, 6) is 0. The molecule has 10 heavy (non-hydrogen) atoms. The minimum absolute atomic E-state index is 0.878. The number of thioether (sulfide) groups is 1. The van der Waals surface area contributed by atoms with E-state index in [1.807, 2.05) is 25.6 Å². The van der Waals surface area contributed by atoms with Gasteiger partial charge in [-0.1, -0.05) is 13.8 Å². The summed E-state index contributed by atoms with van der Waals surface area (Å²) in [5, 5.41) is 0.878. The molecule has 1 aliphatic rings. The summed E-state index contributed by atoms with van der Waals surface area (Å²) in [6.07, 6.45) is 4.68. The van der Waals surface area contributed by atoms with E-state index in [9.17, 15) is 0 Å². The quantitative estimate of drug-likeness (QED) is 0.586. The third-order valence-electron chi connectivity index (χ3n) is 1.50. The molecule has 0 radical (unpaired) electrons. The highest BCUT2D eigenvalue weighted by Gasteiger charge is 2.10. The molecule has 1 rings (SSSR count). The summed E-state index contributed by atoms with van der Waals surface area (Å²) in [6.45, 7) is 5.96. The summed E-state index contributed by atoms with van der Waals surface area (Å²) >= 11 is 1.97. The lowest BCUT2D eigenvalue weighted by atomic mass is 10.2. The first-order valence-electron chi connectivity index (χ1n) is 4.04. The van der Waals surface area contributed by atoms with Crippen molar-refractivity contribution >= 4 is 11.8 Å². The number of hydrogen-bond acceptors (Lipinski definition) is 2. The maximum atomic E-state index is 5.19. The van der Waals surface area contributed by atoms with Crippen LogP contribution in [-0.4, -0.2) is 24.7 Å². The fourth-order valence-electron chi connectivity index (χ4n) is 0.912. The van der Waals surface area contributed by atoms with Crippen molar-refractivity contribution in [3.05, 3.63) is 0 Å². The molecule has 0 unspecified atom stereocenters. The molecule has 0 aromatic rings. The minimum Gasteiger partial charge on any atom is -0.381 e. The van der Waals surface area contributed by atoms with Gasteiger partial charge in [0.2, 0.25) is 0 Å². The van der Waals surface area contributed by atoms with E-state index < -0.39 is 0 Å². The van der Waals surface area contributed by atoms with Gasteiger partial charge in [0.05, 0.1) is 0 Å². The van der Waals surface area contributed by atoms with Crippen molar-refractivity contribution in [1.82, 2.24) is 0 Å². The zero-order valence-corrected chi connectivity index (χ0v) is 8.04. The van der Waals surface area contributed by atoms with Crippen LogP contribution in [0.3, 0.4) is 0 Å². The second kappa shape index (κ2) is 7.42. The maximum absolute atomic E-state index is 5.19. The summed E-state index contributed by atoms with van der Waals surface area (Å²) < 4.78 is 5.19. The molecule has 0 saturated carbocycles. The second-order valence-electron chi connectivity index (χ2n) is 2.05. The topological polar surface area (TPSA) is 9.23 Å². The summed E-state index contributed by atoms with van der Waals surface area (Å²) in [6, 6.07) is 0. The second-order valence-corrected chi connectivity index (χ2v) is 3.19. The molecule has 0 aromatic carbocycles. The molecule has 62 valence electrons. The molecule has 2 heteroatoms. The van der Waals surface area contributed by atoms with Gasteiger partial charge in [0.1, 0.15) is 0 Å². The Hall–Kier alpha value is 0.310. The predicted molar refractivity (Wildman–Crippen MR) is 48.7 cm³/mol. The Morgan fingerprint density at radius 1 is 1.20 bits per heavy atom. The van der Waals surface area contributed by atoms with Crippen LogP contribution in [0.1, 0.15) is 26.7 Å². The van der Waals surface area contributed by atoms with Crippen LogP contribution in [0.4, 0.5) is 0 Å². The van der Waals surface area contributed by atoms with Crippen molar-refractivity contribution < 1.29 is 4.74 Å². The van der Waals surface area contributed by atoms with Crippen molar-refractivity contribution in [3.63, 3.8) is 0 Å². The van der Waals surface area contributed by atoms with Crippen LogP contribution >= 0.6 is 11.8 Å². The van der Waals surface area contributed by atoms with Crippen LogP contribution in [0.5, 0.6) is 0 Å². The monoisotopic (exact) mass is 162 g/mol. The van der Waals surface area contributed by atoms with E-state index in [4.69, 9.17) is 4.74 Å². The third-order valence-corrected chi connectivity index (χ3v) is 2.64. The van der Waals surface area contributed by atoms with Crippen LogP contribution in [0.25, 0.3) is 0 Å². The molecule has 1 fully saturated rings. The lowest BCUT2D eigenvalue weighted by Crippen LogP contribution is -2.16. The fraction of sp³-hybridized carbons (Fsp3) is 1.00. The highest BCUT2D eigenvalue weighted by atomic mass is 32.2. The lowest BCUT2D eigenvalue weighted by Gasteiger charge is -2.19. The van der Waals surface area contributed by atoms with Gasteiger partial charge in [-0.3, -0.25) is 0 Å². The van der Waals surface area contributed by atoms with Gasteiger partial charge in [-0.2, -0.15) is 11.8 Å². The number of ether oxygens (including phenoxy) is 1. The van der Waals surface area contributed by atoms with E-state index in [0.29, 0.717) is 0 Å². The van der Waals surface area contributed by atoms with Gasteiger partial charge in [-0.05, 0) is 19.1 Å². The SMILES string of the molecule is CC.CSC1CCOCC1. The molecular weight excluding hydrogens is 144 g/mol. The summed E-state index contributed by atoms with van der Waals surface area (Å²) in [4.78, 5) is 0. The average Bonchev–Trinajstić information content (AvgIpc) is 2.10. The van der Waals surface area contributed by atoms with E-state index in [2.05, 4.69) is 6.26 Å². The average molecular weight is 162 g/mol. The van der Waals surface area contributed by atoms with Crippen molar-refractivity contribution in [2.75, 3.05) is 19.5 Å². The Kier molecular flexibility index (Phi) is 7.65. The van der Waals surface area contributed by atoms with Gasteiger partial charge >= 0.3 is 0 Å². The molecule has 0 N–H and O–H groups in total. The van der Waals surface area contributed by atoms with E-state index in [1.54, 1.807) is 0 Å². The van der Waals surface area contributed by atoms with Crippen LogP contribution in [0.15, 0.2) is 0 Å². The first-order valence-corrected chi connectivity index (χ1v) is 5.33. The minimum atomic E-state index is 0.878. The van der Waals surface area contributed by atoms with E-state index in [-0.39, 0.29) is 0 Å². The third kappa shape index (κ3) is 4.18. The van der Waals surface area contributed by atoms with Gasteiger partial charge in [-0.25, -0.2) is 0 Å². The van der Waals surface area contributed by atoms with Crippen molar-refractivity contribution in [1.29, 1.82) is 0 Å². The summed E-state index contributed by atoms with van der Waals surface area (Å²) in [7, 11) is 0. The molecule has 1 saturated heterocycles. The maximum Gasteiger partial charge on any atom is 0.0476 e. The molecule has 0 aromatic heterocycles.